The number of methoxy groups -OCH3 is 1. The Morgan fingerprint density at radius 3 is 2.44 bits per heavy atom. The van der Waals surface area contributed by atoms with E-state index in [-0.39, 0.29) is 17.9 Å². The van der Waals surface area contributed by atoms with Gasteiger partial charge in [0.2, 0.25) is 5.91 Å². The third-order valence-corrected chi connectivity index (χ3v) is 4.30. The van der Waals surface area contributed by atoms with Crippen molar-refractivity contribution in [3.05, 3.63) is 63.6 Å². The van der Waals surface area contributed by atoms with Gasteiger partial charge in [-0.15, -0.1) is 0 Å². The summed E-state index contributed by atoms with van der Waals surface area (Å²) in [6.07, 6.45) is 0.122. The Morgan fingerprint density at radius 1 is 1.11 bits per heavy atom. The molecule has 142 valence electrons. The minimum absolute atomic E-state index is 0.122. The number of hydrogen-bond donors (Lipinski definition) is 2. The van der Waals surface area contributed by atoms with Crippen molar-refractivity contribution in [1.82, 2.24) is 5.32 Å². The lowest BCUT2D eigenvalue weighted by Crippen LogP contribution is -2.43. The largest absolute Gasteiger partial charge is 0.467 e. The summed E-state index contributed by atoms with van der Waals surface area (Å²) in [7, 11) is 1.23. The summed E-state index contributed by atoms with van der Waals surface area (Å²) < 4.78 is 4.79. The van der Waals surface area contributed by atoms with Crippen LogP contribution in [0.2, 0.25) is 10.0 Å². The smallest absolute Gasteiger partial charge is 0.328 e. The lowest BCUT2D eigenvalue weighted by Gasteiger charge is -2.18. The number of ether oxygens (including phenoxy) is 1. The standard InChI is InChI=1S/C19H18Cl2N2O4/c1-11(24)22-16-6-4-3-5-14(16)18(25)23-17(19(26)27-2)9-12-7-8-13(20)10-15(12)21/h3-8,10,17H,9H2,1-2H3,(H,22,24)(H,23,25)/t17-/m1/s1. The van der Waals surface area contributed by atoms with Crippen molar-refractivity contribution in [3.63, 3.8) is 0 Å². The number of amides is 2. The zero-order valence-corrected chi connectivity index (χ0v) is 16.2. The Kier molecular flexibility index (Phi) is 7.21. The fourth-order valence-electron chi connectivity index (χ4n) is 2.46. The molecule has 0 bridgehead atoms. The van der Waals surface area contributed by atoms with E-state index >= 15 is 0 Å². The second-order valence-electron chi connectivity index (χ2n) is 5.72. The molecule has 1 atom stereocenters. The van der Waals surface area contributed by atoms with Crippen LogP contribution >= 0.6 is 23.2 Å². The van der Waals surface area contributed by atoms with Gasteiger partial charge in [0, 0.05) is 23.4 Å². The Labute approximate surface area is 166 Å². The first-order valence-corrected chi connectivity index (χ1v) is 8.76. The summed E-state index contributed by atoms with van der Waals surface area (Å²) in [6, 6.07) is 10.4. The molecule has 0 aliphatic rings. The monoisotopic (exact) mass is 408 g/mol. The van der Waals surface area contributed by atoms with Crippen LogP contribution in [0.4, 0.5) is 5.69 Å². The van der Waals surface area contributed by atoms with Gasteiger partial charge in [0.1, 0.15) is 6.04 Å². The van der Waals surface area contributed by atoms with E-state index in [0.717, 1.165) is 0 Å². The Balaban J connectivity index is 2.25. The molecule has 2 N–H and O–H groups in total. The lowest BCUT2D eigenvalue weighted by atomic mass is 10.0. The van der Waals surface area contributed by atoms with E-state index in [4.69, 9.17) is 27.9 Å². The van der Waals surface area contributed by atoms with E-state index in [1.54, 1.807) is 42.5 Å². The van der Waals surface area contributed by atoms with Gasteiger partial charge < -0.3 is 15.4 Å². The molecule has 2 aromatic carbocycles. The van der Waals surface area contributed by atoms with Crippen LogP contribution in [0.5, 0.6) is 0 Å². The third kappa shape index (κ3) is 5.70. The van der Waals surface area contributed by atoms with Gasteiger partial charge in [0.15, 0.2) is 0 Å². The minimum Gasteiger partial charge on any atom is -0.467 e. The number of hydrogen-bond acceptors (Lipinski definition) is 4. The summed E-state index contributed by atoms with van der Waals surface area (Å²) in [6.45, 7) is 1.34. The van der Waals surface area contributed by atoms with E-state index in [1.165, 1.54) is 14.0 Å². The predicted octanol–water partition coefficient (Wildman–Crippen LogP) is 3.47. The average Bonchev–Trinajstić information content (AvgIpc) is 2.62. The number of halogens is 2. The van der Waals surface area contributed by atoms with Gasteiger partial charge in [-0.2, -0.15) is 0 Å². The molecule has 6 nitrogen and oxygen atoms in total. The molecule has 0 fully saturated rings. The lowest BCUT2D eigenvalue weighted by molar-refractivity contribution is -0.142. The van der Waals surface area contributed by atoms with Crippen LogP contribution in [0.3, 0.4) is 0 Å². The van der Waals surface area contributed by atoms with Gasteiger partial charge in [-0.25, -0.2) is 4.79 Å². The normalized spacial score (nSPS) is 11.4. The van der Waals surface area contributed by atoms with Crippen LogP contribution < -0.4 is 10.6 Å². The highest BCUT2D eigenvalue weighted by molar-refractivity contribution is 6.35. The first-order valence-electron chi connectivity index (χ1n) is 8.01. The van der Waals surface area contributed by atoms with E-state index in [1.807, 2.05) is 0 Å². The number of esters is 1. The van der Waals surface area contributed by atoms with Crippen molar-refractivity contribution in [1.29, 1.82) is 0 Å². The highest BCUT2D eigenvalue weighted by atomic mass is 35.5. The summed E-state index contributed by atoms with van der Waals surface area (Å²) in [5, 5.41) is 6.06. The van der Waals surface area contributed by atoms with Gasteiger partial charge >= 0.3 is 5.97 Å². The quantitative estimate of drug-likeness (QED) is 0.716. The van der Waals surface area contributed by atoms with Crippen LogP contribution in [-0.2, 0) is 20.7 Å². The molecule has 0 spiro atoms. The molecule has 2 rings (SSSR count). The zero-order chi connectivity index (χ0) is 20.0. The summed E-state index contributed by atoms with van der Waals surface area (Å²) in [4.78, 5) is 36.2. The Hall–Kier alpha value is -2.57. The maximum absolute atomic E-state index is 12.7. The summed E-state index contributed by atoms with van der Waals surface area (Å²) in [5.41, 5.74) is 1.20. The molecule has 0 radical (unpaired) electrons. The first kappa shape index (κ1) is 20.7. The molecule has 0 aromatic heterocycles. The molecule has 0 saturated heterocycles. The number of carbonyl (C=O) groups excluding carboxylic acids is 3. The SMILES string of the molecule is COC(=O)[C@@H](Cc1ccc(Cl)cc1Cl)NC(=O)c1ccccc1NC(C)=O. The van der Waals surface area contributed by atoms with E-state index in [2.05, 4.69) is 10.6 Å². The molecule has 27 heavy (non-hydrogen) atoms. The molecule has 2 aromatic rings. The second-order valence-corrected chi connectivity index (χ2v) is 6.56. The van der Waals surface area contributed by atoms with Crippen molar-refractivity contribution in [2.45, 2.75) is 19.4 Å². The number of nitrogens with one attached hydrogen (secondary N) is 2. The Morgan fingerprint density at radius 2 is 1.81 bits per heavy atom. The second kappa shape index (κ2) is 9.39. The van der Waals surface area contributed by atoms with Gasteiger partial charge in [-0.05, 0) is 29.8 Å². The van der Waals surface area contributed by atoms with Crippen LogP contribution in [0.1, 0.15) is 22.8 Å². The average molecular weight is 409 g/mol. The van der Waals surface area contributed by atoms with E-state index in [0.29, 0.717) is 21.3 Å². The Bertz CT molecular complexity index is 871. The van der Waals surface area contributed by atoms with E-state index < -0.39 is 17.9 Å². The van der Waals surface area contributed by atoms with Crippen molar-refractivity contribution in [3.8, 4) is 0 Å². The third-order valence-electron chi connectivity index (χ3n) is 3.71. The summed E-state index contributed by atoms with van der Waals surface area (Å²) in [5.74, 6) is -1.46. The number of benzene rings is 2. The molecule has 8 heteroatoms. The number of para-hydroxylation sites is 1. The van der Waals surface area contributed by atoms with E-state index in [9.17, 15) is 14.4 Å². The van der Waals surface area contributed by atoms with Crippen molar-refractivity contribution in [2.75, 3.05) is 12.4 Å². The molecule has 0 unspecified atom stereocenters. The van der Waals surface area contributed by atoms with Crippen LogP contribution in [0.15, 0.2) is 42.5 Å². The molecule has 2 amide bonds. The van der Waals surface area contributed by atoms with Crippen molar-refractivity contribution >= 4 is 46.7 Å². The molecule has 0 saturated carbocycles. The maximum atomic E-state index is 12.7. The number of anilines is 1. The van der Waals surface area contributed by atoms with Crippen molar-refractivity contribution < 1.29 is 19.1 Å². The molecule has 0 heterocycles. The molecule has 0 aliphatic heterocycles. The zero-order valence-electron chi connectivity index (χ0n) is 14.7. The van der Waals surface area contributed by atoms with Gasteiger partial charge in [0.25, 0.3) is 5.91 Å². The molecular weight excluding hydrogens is 391 g/mol. The van der Waals surface area contributed by atoms with Crippen LogP contribution in [0, 0.1) is 0 Å². The topological polar surface area (TPSA) is 84.5 Å². The summed E-state index contributed by atoms with van der Waals surface area (Å²) >= 11 is 12.0. The highest BCUT2D eigenvalue weighted by Gasteiger charge is 2.24. The van der Waals surface area contributed by atoms with Crippen molar-refractivity contribution in [2.24, 2.45) is 0 Å². The first-order chi connectivity index (χ1) is 12.8. The number of carbonyl (C=O) groups is 3. The minimum atomic E-state index is -0.966. The van der Waals surface area contributed by atoms with Gasteiger partial charge in [-0.1, -0.05) is 41.4 Å². The number of rotatable bonds is 6. The maximum Gasteiger partial charge on any atom is 0.328 e. The van der Waals surface area contributed by atoms with Crippen LogP contribution in [0.25, 0.3) is 0 Å². The highest BCUT2D eigenvalue weighted by Crippen LogP contribution is 2.23. The van der Waals surface area contributed by atoms with Gasteiger partial charge in [-0.3, -0.25) is 9.59 Å². The van der Waals surface area contributed by atoms with Gasteiger partial charge in [0.05, 0.1) is 18.4 Å². The molecular formula is C19H18Cl2N2O4. The molecule has 0 aliphatic carbocycles. The fourth-order valence-corrected chi connectivity index (χ4v) is 2.94. The van der Waals surface area contributed by atoms with Crippen LogP contribution in [-0.4, -0.2) is 30.9 Å². The fraction of sp³-hybridized carbons (Fsp3) is 0.211. The predicted molar refractivity (Wildman–Crippen MR) is 104 cm³/mol.